The van der Waals surface area contributed by atoms with Gasteiger partial charge in [-0.2, -0.15) is 4.98 Å². The first kappa shape index (κ1) is 17.9. The molecule has 7 nitrogen and oxygen atoms in total. The van der Waals surface area contributed by atoms with E-state index in [0.717, 1.165) is 44.6 Å². The van der Waals surface area contributed by atoms with Crippen molar-refractivity contribution in [2.75, 3.05) is 24.6 Å². The van der Waals surface area contributed by atoms with Gasteiger partial charge in [-0.05, 0) is 37.5 Å². The number of carbonyl (C=O) groups excluding carboxylic acids is 1. The topological polar surface area (TPSA) is 87.6 Å². The molecule has 1 aliphatic carbocycles. The highest BCUT2D eigenvalue weighted by Crippen LogP contribution is 2.26. The number of ether oxygens (including phenoxy) is 1. The smallest absolute Gasteiger partial charge is 0.249 e. The van der Waals surface area contributed by atoms with E-state index < -0.39 is 6.10 Å². The molecular formula is C18H28N4O3. The minimum absolute atomic E-state index is 0.00309. The minimum Gasteiger partial charge on any atom is -0.476 e. The molecule has 0 spiro atoms. The second kappa shape index (κ2) is 7.99. The molecule has 1 aromatic heterocycles. The van der Waals surface area contributed by atoms with Crippen molar-refractivity contribution in [2.45, 2.75) is 51.7 Å². The van der Waals surface area contributed by atoms with Crippen LogP contribution in [0.1, 0.15) is 39.5 Å². The minimum atomic E-state index is -0.908. The van der Waals surface area contributed by atoms with Gasteiger partial charge in [0.2, 0.25) is 11.8 Å². The van der Waals surface area contributed by atoms with E-state index in [1.165, 1.54) is 0 Å². The molecule has 1 unspecified atom stereocenters. The molecule has 0 bridgehead atoms. The fourth-order valence-electron chi connectivity index (χ4n) is 2.98. The summed E-state index contributed by atoms with van der Waals surface area (Å²) in [5.41, 5.74) is 0. The summed E-state index contributed by atoms with van der Waals surface area (Å²) in [6.07, 6.45) is 6.05. The number of nitrogens with zero attached hydrogens (tertiary/aromatic N) is 3. The quantitative estimate of drug-likeness (QED) is 0.774. The Kier molecular flexibility index (Phi) is 5.73. The van der Waals surface area contributed by atoms with Gasteiger partial charge in [0.25, 0.3) is 0 Å². The zero-order valence-corrected chi connectivity index (χ0v) is 15.0. The molecule has 1 amide bonds. The molecule has 7 heteroatoms. The van der Waals surface area contributed by atoms with Crippen molar-refractivity contribution < 1.29 is 14.6 Å². The van der Waals surface area contributed by atoms with E-state index in [4.69, 9.17) is 4.74 Å². The normalized spacial score (nSPS) is 19.8. The van der Waals surface area contributed by atoms with Gasteiger partial charge < -0.3 is 20.1 Å². The van der Waals surface area contributed by atoms with Crippen LogP contribution in [0.2, 0.25) is 0 Å². The highest BCUT2D eigenvalue weighted by molar-refractivity contribution is 5.81. The molecule has 0 radical (unpaired) electrons. The fourth-order valence-corrected chi connectivity index (χ4v) is 2.98. The van der Waals surface area contributed by atoms with Crippen molar-refractivity contribution in [3.63, 3.8) is 0 Å². The van der Waals surface area contributed by atoms with Gasteiger partial charge >= 0.3 is 0 Å². The van der Waals surface area contributed by atoms with Crippen LogP contribution in [0.5, 0.6) is 5.88 Å². The van der Waals surface area contributed by atoms with E-state index in [-0.39, 0.29) is 17.9 Å². The predicted octanol–water partition coefficient (Wildman–Crippen LogP) is 1.37. The summed E-state index contributed by atoms with van der Waals surface area (Å²) in [5, 5.41) is 13.1. The van der Waals surface area contributed by atoms with Crippen LogP contribution < -0.4 is 15.0 Å². The molecule has 138 valence electrons. The molecule has 1 saturated heterocycles. The molecule has 3 rings (SSSR count). The summed E-state index contributed by atoms with van der Waals surface area (Å²) in [6, 6.07) is 0.283. The Balaban J connectivity index is 1.51. The molecular weight excluding hydrogens is 320 g/mol. The van der Waals surface area contributed by atoms with Gasteiger partial charge in [0, 0.05) is 19.1 Å². The van der Waals surface area contributed by atoms with Crippen LogP contribution >= 0.6 is 0 Å². The SMILES string of the molecule is CC(C)COc1cncc(N2CCC(C(O)C(=O)NC3CC3)CC2)n1. The number of carbonyl (C=O) groups is 1. The zero-order chi connectivity index (χ0) is 17.8. The molecule has 2 aliphatic rings. The Hall–Kier alpha value is -1.89. The van der Waals surface area contributed by atoms with Gasteiger partial charge in [-0.1, -0.05) is 13.8 Å². The maximum atomic E-state index is 12.0. The van der Waals surface area contributed by atoms with Gasteiger partial charge in [0.1, 0.15) is 6.10 Å². The van der Waals surface area contributed by atoms with Crippen LogP contribution in [0.3, 0.4) is 0 Å². The van der Waals surface area contributed by atoms with Crippen LogP contribution in [0, 0.1) is 11.8 Å². The van der Waals surface area contributed by atoms with E-state index in [2.05, 4.69) is 34.0 Å². The Bertz CT molecular complexity index is 583. The Morgan fingerprint density at radius 1 is 1.32 bits per heavy atom. The monoisotopic (exact) mass is 348 g/mol. The highest BCUT2D eigenvalue weighted by atomic mass is 16.5. The van der Waals surface area contributed by atoms with Gasteiger partial charge in [-0.15, -0.1) is 0 Å². The van der Waals surface area contributed by atoms with Gasteiger partial charge in [0.15, 0.2) is 5.82 Å². The highest BCUT2D eigenvalue weighted by Gasteiger charge is 2.33. The van der Waals surface area contributed by atoms with E-state index in [0.29, 0.717) is 18.4 Å². The molecule has 2 N–H and O–H groups in total. The van der Waals surface area contributed by atoms with Crippen LogP contribution in [0.4, 0.5) is 5.82 Å². The standard InChI is InChI=1S/C18H28N4O3/c1-12(2)11-25-16-10-19-9-15(21-16)22-7-5-13(6-8-22)17(23)18(24)20-14-3-4-14/h9-10,12-14,17,23H,3-8,11H2,1-2H3,(H,20,24). The molecule has 1 aliphatic heterocycles. The summed E-state index contributed by atoms with van der Waals surface area (Å²) < 4.78 is 5.64. The van der Waals surface area contributed by atoms with Crippen molar-refractivity contribution in [3.05, 3.63) is 12.4 Å². The summed E-state index contributed by atoms with van der Waals surface area (Å²) in [5.74, 6) is 1.55. The summed E-state index contributed by atoms with van der Waals surface area (Å²) in [6.45, 7) is 6.30. The lowest BCUT2D eigenvalue weighted by atomic mass is 9.90. The third-order valence-electron chi connectivity index (χ3n) is 4.67. The van der Waals surface area contributed by atoms with Gasteiger partial charge in [-0.25, -0.2) is 0 Å². The molecule has 25 heavy (non-hydrogen) atoms. The van der Waals surface area contributed by atoms with Gasteiger partial charge in [0.05, 0.1) is 19.0 Å². The van der Waals surface area contributed by atoms with Crippen molar-refractivity contribution in [1.29, 1.82) is 0 Å². The van der Waals surface area contributed by atoms with Crippen LogP contribution in [0.15, 0.2) is 12.4 Å². The van der Waals surface area contributed by atoms with Crippen LogP contribution in [0.25, 0.3) is 0 Å². The molecule has 1 atom stereocenters. The first-order chi connectivity index (χ1) is 12.0. The van der Waals surface area contributed by atoms with Crippen molar-refractivity contribution >= 4 is 11.7 Å². The van der Waals surface area contributed by atoms with Crippen molar-refractivity contribution in [1.82, 2.24) is 15.3 Å². The number of hydrogen-bond donors (Lipinski definition) is 2. The number of anilines is 1. The maximum Gasteiger partial charge on any atom is 0.249 e. The number of amides is 1. The number of nitrogens with one attached hydrogen (secondary N) is 1. The number of hydrogen-bond acceptors (Lipinski definition) is 6. The number of rotatable bonds is 7. The summed E-state index contributed by atoms with van der Waals surface area (Å²) >= 11 is 0. The third kappa shape index (κ3) is 5.04. The molecule has 2 heterocycles. The Morgan fingerprint density at radius 3 is 2.68 bits per heavy atom. The second-order valence-corrected chi connectivity index (χ2v) is 7.47. The average Bonchev–Trinajstić information content (AvgIpc) is 3.43. The van der Waals surface area contributed by atoms with E-state index in [1.807, 2.05) is 0 Å². The lowest BCUT2D eigenvalue weighted by molar-refractivity contribution is -0.132. The number of aliphatic hydroxyl groups excluding tert-OH is 1. The number of piperidine rings is 1. The fraction of sp³-hybridized carbons (Fsp3) is 0.722. The average molecular weight is 348 g/mol. The van der Waals surface area contributed by atoms with Crippen LogP contribution in [-0.4, -0.2) is 52.8 Å². The van der Waals surface area contributed by atoms with Crippen LogP contribution in [-0.2, 0) is 4.79 Å². The Labute approximate surface area is 148 Å². The Morgan fingerprint density at radius 2 is 2.04 bits per heavy atom. The van der Waals surface area contributed by atoms with Gasteiger partial charge in [-0.3, -0.25) is 9.78 Å². The largest absolute Gasteiger partial charge is 0.476 e. The number of aromatic nitrogens is 2. The second-order valence-electron chi connectivity index (χ2n) is 7.47. The zero-order valence-electron chi connectivity index (χ0n) is 15.0. The van der Waals surface area contributed by atoms with Crippen molar-refractivity contribution in [2.24, 2.45) is 11.8 Å². The lowest BCUT2D eigenvalue weighted by Crippen LogP contribution is -2.45. The number of aliphatic hydroxyl groups is 1. The third-order valence-corrected chi connectivity index (χ3v) is 4.67. The lowest BCUT2D eigenvalue weighted by Gasteiger charge is -2.34. The van der Waals surface area contributed by atoms with E-state index in [1.54, 1.807) is 12.4 Å². The van der Waals surface area contributed by atoms with E-state index in [9.17, 15) is 9.90 Å². The van der Waals surface area contributed by atoms with Crippen molar-refractivity contribution in [3.8, 4) is 5.88 Å². The molecule has 1 saturated carbocycles. The van der Waals surface area contributed by atoms with E-state index >= 15 is 0 Å². The molecule has 0 aromatic carbocycles. The summed E-state index contributed by atoms with van der Waals surface area (Å²) in [4.78, 5) is 22.9. The predicted molar refractivity (Wildman–Crippen MR) is 94.5 cm³/mol. The summed E-state index contributed by atoms with van der Waals surface area (Å²) in [7, 11) is 0. The molecule has 1 aromatic rings. The first-order valence-electron chi connectivity index (χ1n) is 9.21. The maximum absolute atomic E-state index is 12.0. The first-order valence-corrected chi connectivity index (χ1v) is 9.21. The molecule has 2 fully saturated rings.